The van der Waals surface area contributed by atoms with Crippen molar-refractivity contribution in [1.82, 2.24) is 4.90 Å². The molecule has 2 N–H and O–H groups in total. The number of hydrogen-bond acceptors (Lipinski definition) is 3. The highest BCUT2D eigenvalue weighted by Gasteiger charge is 2.17. The summed E-state index contributed by atoms with van der Waals surface area (Å²) in [5, 5.41) is 13.0. The van der Waals surface area contributed by atoms with E-state index in [1.807, 2.05) is 13.0 Å². The van der Waals surface area contributed by atoms with Gasteiger partial charge >= 0.3 is 0 Å². The minimum atomic E-state index is -0.823. The zero-order valence-corrected chi connectivity index (χ0v) is 12.6. The molecule has 0 unspecified atom stereocenters. The fourth-order valence-electron chi connectivity index (χ4n) is 1.87. The number of nitrogens with one attached hydrogen (secondary N) is 1. The Bertz CT molecular complexity index is 455. The quantitative estimate of drug-likeness (QED) is 0.872. The van der Waals surface area contributed by atoms with Crippen molar-refractivity contribution in [3.63, 3.8) is 0 Å². The summed E-state index contributed by atoms with van der Waals surface area (Å²) >= 11 is 6.05. The molecule has 4 nitrogen and oxygen atoms in total. The van der Waals surface area contributed by atoms with Gasteiger partial charge in [0.2, 0.25) is 5.91 Å². The summed E-state index contributed by atoms with van der Waals surface area (Å²) in [5.74, 6) is -0.155. The number of likely N-dealkylation sites (N-methyl/N-ethyl adjacent to an activating group) is 1. The third kappa shape index (κ3) is 6.05. The van der Waals surface area contributed by atoms with Crippen molar-refractivity contribution in [2.75, 3.05) is 25.5 Å². The first-order chi connectivity index (χ1) is 8.67. The molecule has 0 spiro atoms. The highest BCUT2D eigenvalue weighted by molar-refractivity contribution is 6.33. The number of nitrogens with zero attached hydrogens (tertiary/aromatic N) is 1. The van der Waals surface area contributed by atoms with Crippen LogP contribution in [0.15, 0.2) is 18.2 Å². The van der Waals surface area contributed by atoms with Gasteiger partial charge in [0, 0.05) is 6.54 Å². The largest absolute Gasteiger partial charge is 0.389 e. The third-order valence-electron chi connectivity index (χ3n) is 2.47. The number of benzene rings is 1. The number of carbonyl (C=O) groups excluding carboxylic acids is 1. The number of aryl methyl sites for hydroxylation is 1. The number of amides is 1. The van der Waals surface area contributed by atoms with Crippen LogP contribution in [0.5, 0.6) is 0 Å². The molecule has 0 heterocycles. The van der Waals surface area contributed by atoms with Gasteiger partial charge in [0.1, 0.15) is 0 Å². The first-order valence-corrected chi connectivity index (χ1v) is 6.52. The SMILES string of the molecule is Cc1ccc(NC(=O)CN(C)CC(C)(C)O)c(Cl)c1. The van der Waals surface area contributed by atoms with Crippen LogP contribution >= 0.6 is 11.6 Å². The van der Waals surface area contributed by atoms with Crippen LogP contribution in [0, 0.1) is 6.92 Å². The highest BCUT2D eigenvalue weighted by Crippen LogP contribution is 2.22. The first-order valence-electron chi connectivity index (χ1n) is 6.14. The Labute approximate surface area is 119 Å². The van der Waals surface area contributed by atoms with Crippen molar-refractivity contribution in [3.8, 4) is 0 Å². The summed E-state index contributed by atoms with van der Waals surface area (Å²) in [6.45, 7) is 5.97. The summed E-state index contributed by atoms with van der Waals surface area (Å²) < 4.78 is 0. The van der Waals surface area contributed by atoms with Gasteiger partial charge in [0.25, 0.3) is 0 Å². The van der Waals surface area contributed by atoms with E-state index in [2.05, 4.69) is 5.32 Å². The molecule has 0 aromatic heterocycles. The number of halogens is 1. The van der Waals surface area contributed by atoms with Crippen molar-refractivity contribution >= 4 is 23.2 Å². The Morgan fingerprint density at radius 3 is 2.63 bits per heavy atom. The molecule has 0 aliphatic carbocycles. The van der Waals surface area contributed by atoms with Gasteiger partial charge in [-0.15, -0.1) is 0 Å². The number of anilines is 1. The van der Waals surface area contributed by atoms with Crippen LogP contribution in [0.2, 0.25) is 5.02 Å². The lowest BCUT2D eigenvalue weighted by atomic mass is 10.1. The molecule has 0 radical (unpaired) electrons. The molecule has 0 fully saturated rings. The van der Waals surface area contributed by atoms with Gasteiger partial charge in [-0.25, -0.2) is 0 Å². The zero-order chi connectivity index (χ0) is 14.6. The molecule has 5 heteroatoms. The molecule has 1 amide bonds. The van der Waals surface area contributed by atoms with Gasteiger partial charge in [0.15, 0.2) is 0 Å². The topological polar surface area (TPSA) is 52.6 Å². The van der Waals surface area contributed by atoms with Crippen LogP contribution in [0.1, 0.15) is 19.4 Å². The monoisotopic (exact) mass is 284 g/mol. The molecular weight excluding hydrogens is 264 g/mol. The zero-order valence-electron chi connectivity index (χ0n) is 11.8. The van der Waals surface area contributed by atoms with E-state index in [0.717, 1.165) is 5.56 Å². The van der Waals surface area contributed by atoms with Crippen LogP contribution in [0.25, 0.3) is 0 Å². The molecule has 1 rings (SSSR count). The second kappa shape index (κ2) is 6.37. The minimum absolute atomic E-state index is 0.155. The average Bonchev–Trinajstić information content (AvgIpc) is 2.19. The fraction of sp³-hybridized carbons (Fsp3) is 0.500. The summed E-state index contributed by atoms with van der Waals surface area (Å²) in [4.78, 5) is 13.6. The second-order valence-corrected chi connectivity index (χ2v) is 5.92. The van der Waals surface area contributed by atoms with Gasteiger partial charge in [-0.2, -0.15) is 0 Å². The van der Waals surface area contributed by atoms with Crippen molar-refractivity contribution in [3.05, 3.63) is 28.8 Å². The van der Waals surface area contributed by atoms with Gasteiger partial charge in [0.05, 0.1) is 22.9 Å². The normalized spacial score (nSPS) is 11.7. The van der Waals surface area contributed by atoms with Crippen LogP contribution in [0.3, 0.4) is 0 Å². The predicted molar refractivity (Wildman–Crippen MR) is 78.6 cm³/mol. The number of carbonyl (C=O) groups is 1. The molecule has 19 heavy (non-hydrogen) atoms. The standard InChI is InChI=1S/C14H21ClN2O2/c1-10-5-6-12(11(15)7-10)16-13(18)8-17(4)9-14(2,3)19/h5-7,19H,8-9H2,1-4H3,(H,16,18). The van der Waals surface area contributed by atoms with Crippen molar-refractivity contribution in [2.45, 2.75) is 26.4 Å². The number of rotatable bonds is 5. The Morgan fingerprint density at radius 1 is 1.47 bits per heavy atom. The summed E-state index contributed by atoms with van der Waals surface area (Å²) in [6, 6.07) is 5.48. The Hall–Kier alpha value is -1.10. The lowest BCUT2D eigenvalue weighted by molar-refractivity contribution is -0.117. The van der Waals surface area contributed by atoms with Crippen molar-refractivity contribution in [2.24, 2.45) is 0 Å². The highest BCUT2D eigenvalue weighted by atomic mass is 35.5. The maximum absolute atomic E-state index is 11.9. The molecule has 1 aromatic carbocycles. The lowest BCUT2D eigenvalue weighted by Crippen LogP contribution is -2.40. The Kier molecular flexibility index (Phi) is 5.35. The van der Waals surface area contributed by atoms with Crippen LogP contribution in [-0.2, 0) is 4.79 Å². The van der Waals surface area contributed by atoms with E-state index >= 15 is 0 Å². The molecule has 0 aliphatic rings. The fourth-order valence-corrected chi connectivity index (χ4v) is 2.16. The van der Waals surface area contributed by atoms with Crippen molar-refractivity contribution < 1.29 is 9.90 Å². The van der Waals surface area contributed by atoms with E-state index in [0.29, 0.717) is 17.3 Å². The molecule has 0 saturated carbocycles. The van der Waals surface area contributed by atoms with Crippen molar-refractivity contribution in [1.29, 1.82) is 0 Å². The predicted octanol–water partition coefficient (Wildman–Crippen LogP) is 2.29. The number of hydrogen-bond donors (Lipinski definition) is 2. The molecule has 0 bridgehead atoms. The molecular formula is C14H21ClN2O2. The Morgan fingerprint density at radius 2 is 2.11 bits per heavy atom. The maximum Gasteiger partial charge on any atom is 0.238 e. The van der Waals surface area contributed by atoms with E-state index in [9.17, 15) is 9.90 Å². The van der Waals surface area contributed by atoms with E-state index in [1.165, 1.54) is 0 Å². The van der Waals surface area contributed by atoms with Gasteiger partial charge in [-0.05, 0) is 45.5 Å². The van der Waals surface area contributed by atoms with E-state index in [4.69, 9.17) is 11.6 Å². The molecule has 0 atom stereocenters. The molecule has 106 valence electrons. The van der Waals surface area contributed by atoms with E-state index < -0.39 is 5.60 Å². The average molecular weight is 285 g/mol. The molecule has 0 aliphatic heterocycles. The summed E-state index contributed by atoms with van der Waals surface area (Å²) in [7, 11) is 1.79. The van der Waals surface area contributed by atoms with Crippen LogP contribution < -0.4 is 5.32 Å². The van der Waals surface area contributed by atoms with Gasteiger partial charge in [-0.3, -0.25) is 9.69 Å². The minimum Gasteiger partial charge on any atom is -0.389 e. The van der Waals surface area contributed by atoms with E-state index in [1.54, 1.807) is 37.9 Å². The van der Waals surface area contributed by atoms with Crippen LogP contribution in [0.4, 0.5) is 5.69 Å². The Balaban J connectivity index is 2.56. The smallest absolute Gasteiger partial charge is 0.238 e. The lowest BCUT2D eigenvalue weighted by Gasteiger charge is -2.24. The first kappa shape index (κ1) is 16.0. The van der Waals surface area contributed by atoms with E-state index in [-0.39, 0.29) is 12.5 Å². The molecule has 1 aromatic rings. The summed E-state index contributed by atoms with van der Waals surface area (Å²) in [6.07, 6.45) is 0. The second-order valence-electron chi connectivity index (χ2n) is 5.52. The summed E-state index contributed by atoms with van der Waals surface area (Å²) in [5.41, 5.74) is 0.826. The van der Waals surface area contributed by atoms with Crippen LogP contribution in [-0.4, -0.2) is 41.7 Å². The maximum atomic E-state index is 11.9. The third-order valence-corrected chi connectivity index (χ3v) is 2.78. The van der Waals surface area contributed by atoms with Gasteiger partial charge < -0.3 is 10.4 Å². The van der Waals surface area contributed by atoms with Gasteiger partial charge in [-0.1, -0.05) is 17.7 Å². The molecule has 0 saturated heterocycles. The number of aliphatic hydroxyl groups is 1.